The number of rotatable bonds is 2. The highest BCUT2D eigenvalue weighted by atomic mass is 16.2. The maximum Gasteiger partial charge on any atom is 0.261 e. The van der Waals surface area contributed by atoms with Crippen LogP contribution in [0.1, 0.15) is 53.3 Å². The topological polar surface area (TPSA) is 54.5 Å². The molecule has 0 saturated heterocycles. The van der Waals surface area contributed by atoms with Gasteiger partial charge in [-0.2, -0.15) is 0 Å². The summed E-state index contributed by atoms with van der Waals surface area (Å²) >= 11 is 0. The third-order valence-electron chi connectivity index (χ3n) is 4.57. The van der Waals surface area contributed by atoms with E-state index in [-0.39, 0.29) is 23.3 Å². The quantitative estimate of drug-likeness (QED) is 0.613. The molecule has 4 heteroatoms. The molecule has 1 aromatic carbocycles. The van der Waals surface area contributed by atoms with Crippen LogP contribution in [0.4, 0.5) is 0 Å². The lowest BCUT2D eigenvalue weighted by Gasteiger charge is -2.36. The number of hydrogen-bond donors (Lipinski definition) is 0. The number of carbonyl (C=O) groups excluding carboxylic acids is 3. The largest absolute Gasteiger partial charge is 0.303 e. The van der Waals surface area contributed by atoms with Gasteiger partial charge in [-0.25, -0.2) is 0 Å². The van der Waals surface area contributed by atoms with Crippen molar-refractivity contribution in [3.05, 3.63) is 35.4 Å². The zero-order valence-electron chi connectivity index (χ0n) is 11.5. The lowest BCUT2D eigenvalue weighted by atomic mass is 9.75. The summed E-state index contributed by atoms with van der Waals surface area (Å²) in [6, 6.07) is 6.88. The van der Waals surface area contributed by atoms with Gasteiger partial charge in [-0.05, 0) is 37.8 Å². The maximum atomic E-state index is 12.4. The van der Waals surface area contributed by atoms with Gasteiger partial charge in [0.1, 0.15) is 6.29 Å². The van der Waals surface area contributed by atoms with Crippen molar-refractivity contribution in [2.75, 3.05) is 0 Å². The smallest absolute Gasteiger partial charge is 0.261 e. The molecule has 2 aliphatic rings. The average molecular weight is 271 g/mol. The van der Waals surface area contributed by atoms with Gasteiger partial charge in [0.05, 0.1) is 11.1 Å². The van der Waals surface area contributed by atoms with Crippen LogP contribution >= 0.6 is 0 Å². The zero-order valence-corrected chi connectivity index (χ0v) is 11.5. The Labute approximate surface area is 117 Å². The Hall–Kier alpha value is -1.97. The number of nitrogens with zero attached hydrogens (tertiary/aromatic N) is 1. The van der Waals surface area contributed by atoms with E-state index < -0.39 is 0 Å². The summed E-state index contributed by atoms with van der Waals surface area (Å²) in [6.07, 6.45) is 3.89. The number of imide groups is 1. The van der Waals surface area contributed by atoms with Gasteiger partial charge in [-0.15, -0.1) is 0 Å². The molecule has 1 fully saturated rings. The molecular weight excluding hydrogens is 254 g/mol. The molecule has 1 aromatic rings. The van der Waals surface area contributed by atoms with Gasteiger partial charge in [0.25, 0.3) is 11.8 Å². The van der Waals surface area contributed by atoms with Gasteiger partial charge in [-0.3, -0.25) is 14.5 Å². The van der Waals surface area contributed by atoms with Crippen LogP contribution in [0.5, 0.6) is 0 Å². The molecule has 1 heterocycles. The summed E-state index contributed by atoms with van der Waals surface area (Å²) in [4.78, 5) is 37.2. The number of carbonyl (C=O) groups is 3. The van der Waals surface area contributed by atoms with Gasteiger partial charge in [0, 0.05) is 11.5 Å². The monoisotopic (exact) mass is 271 g/mol. The van der Waals surface area contributed by atoms with E-state index in [0.717, 1.165) is 19.1 Å². The molecular formula is C16H17NO3. The first-order valence-corrected chi connectivity index (χ1v) is 6.99. The molecule has 0 spiro atoms. The Kier molecular flexibility index (Phi) is 2.96. The van der Waals surface area contributed by atoms with E-state index in [1.54, 1.807) is 24.3 Å². The van der Waals surface area contributed by atoms with Crippen molar-refractivity contribution in [1.82, 2.24) is 4.90 Å². The molecule has 0 N–H and O–H groups in total. The molecule has 1 saturated carbocycles. The Morgan fingerprint density at radius 2 is 1.60 bits per heavy atom. The molecule has 2 amide bonds. The molecule has 1 aliphatic heterocycles. The maximum absolute atomic E-state index is 12.4. The molecule has 0 atom stereocenters. The van der Waals surface area contributed by atoms with E-state index in [0.29, 0.717) is 24.0 Å². The minimum atomic E-state index is -0.296. The minimum absolute atomic E-state index is 0.0737. The molecule has 1 aliphatic carbocycles. The first-order chi connectivity index (χ1) is 9.56. The van der Waals surface area contributed by atoms with E-state index in [1.165, 1.54) is 4.90 Å². The summed E-state index contributed by atoms with van der Waals surface area (Å²) < 4.78 is 0. The molecule has 0 aromatic heterocycles. The van der Waals surface area contributed by atoms with E-state index in [4.69, 9.17) is 0 Å². The fourth-order valence-electron chi connectivity index (χ4n) is 3.18. The number of aldehydes is 1. The van der Waals surface area contributed by atoms with Gasteiger partial charge < -0.3 is 4.79 Å². The van der Waals surface area contributed by atoms with Crippen LogP contribution in [0, 0.1) is 5.41 Å². The predicted molar refractivity (Wildman–Crippen MR) is 73.4 cm³/mol. The summed E-state index contributed by atoms with van der Waals surface area (Å²) in [5.41, 5.74) is 0.706. The van der Waals surface area contributed by atoms with Crippen molar-refractivity contribution in [2.45, 2.75) is 38.6 Å². The lowest BCUT2D eigenvalue weighted by molar-refractivity contribution is -0.117. The number of fused-ring (bicyclic) bond motifs is 1. The summed E-state index contributed by atoms with van der Waals surface area (Å²) in [6.45, 7) is 1.94. The Morgan fingerprint density at radius 3 is 2.05 bits per heavy atom. The standard InChI is InChI=1S/C16H17NO3/c1-16(10-18)8-6-11(7-9-16)17-14(19)12-4-2-3-5-13(12)15(17)20/h2-5,10-11H,6-9H2,1H3. The number of benzene rings is 1. The molecule has 0 radical (unpaired) electrons. The van der Waals surface area contributed by atoms with Crippen molar-refractivity contribution in [3.63, 3.8) is 0 Å². The van der Waals surface area contributed by atoms with Crippen LogP contribution in [-0.2, 0) is 4.79 Å². The zero-order chi connectivity index (χ0) is 14.3. The first-order valence-electron chi connectivity index (χ1n) is 6.99. The highest BCUT2D eigenvalue weighted by Gasteiger charge is 2.42. The molecule has 3 rings (SSSR count). The van der Waals surface area contributed by atoms with Crippen molar-refractivity contribution in [3.8, 4) is 0 Å². The fraction of sp³-hybridized carbons (Fsp3) is 0.438. The fourth-order valence-corrected chi connectivity index (χ4v) is 3.18. The van der Waals surface area contributed by atoms with Crippen LogP contribution in [0.2, 0.25) is 0 Å². The summed E-state index contributed by atoms with van der Waals surface area (Å²) in [5, 5.41) is 0. The van der Waals surface area contributed by atoms with Crippen LogP contribution in [0.3, 0.4) is 0 Å². The van der Waals surface area contributed by atoms with Gasteiger partial charge in [0.15, 0.2) is 0 Å². The van der Waals surface area contributed by atoms with Crippen molar-refractivity contribution >= 4 is 18.1 Å². The molecule has 104 valence electrons. The van der Waals surface area contributed by atoms with E-state index in [2.05, 4.69) is 0 Å². The number of amides is 2. The van der Waals surface area contributed by atoms with Gasteiger partial charge in [-0.1, -0.05) is 19.1 Å². The lowest BCUT2D eigenvalue weighted by Crippen LogP contribution is -2.43. The second kappa shape index (κ2) is 4.54. The van der Waals surface area contributed by atoms with Gasteiger partial charge >= 0.3 is 0 Å². The second-order valence-corrected chi connectivity index (χ2v) is 6.03. The number of hydrogen-bond acceptors (Lipinski definition) is 3. The normalized spacial score (nSPS) is 29.4. The highest BCUT2D eigenvalue weighted by molar-refractivity contribution is 6.21. The third kappa shape index (κ3) is 1.87. The Bertz CT molecular complexity index is 550. The van der Waals surface area contributed by atoms with E-state index in [1.807, 2.05) is 6.92 Å². The highest BCUT2D eigenvalue weighted by Crippen LogP contribution is 2.38. The van der Waals surface area contributed by atoms with Crippen LogP contribution in [-0.4, -0.2) is 29.0 Å². The molecule has 0 bridgehead atoms. The second-order valence-electron chi connectivity index (χ2n) is 6.03. The predicted octanol–water partition coefficient (Wildman–Crippen LogP) is 2.43. The van der Waals surface area contributed by atoms with Gasteiger partial charge in [0.2, 0.25) is 0 Å². The van der Waals surface area contributed by atoms with E-state index >= 15 is 0 Å². The van der Waals surface area contributed by atoms with Crippen molar-refractivity contribution in [1.29, 1.82) is 0 Å². The third-order valence-corrected chi connectivity index (χ3v) is 4.57. The Balaban J connectivity index is 1.82. The van der Waals surface area contributed by atoms with E-state index in [9.17, 15) is 14.4 Å². The minimum Gasteiger partial charge on any atom is -0.303 e. The molecule has 4 nitrogen and oxygen atoms in total. The SMILES string of the molecule is CC1(C=O)CCC(N2C(=O)c3ccccc3C2=O)CC1. The average Bonchev–Trinajstić information content (AvgIpc) is 2.73. The molecule has 0 unspecified atom stereocenters. The van der Waals surface area contributed by atoms with Crippen LogP contribution < -0.4 is 0 Å². The van der Waals surface area contributed by atoms with Crippen molar-refractivity contribution in [2.24, 2.45) is 5.41 Å². The Morgan fingerprint density at radius 1 is 1.10 bits per heavy atom. The summed E-state index contributed by atoms with van der Waals surface area (Å²) in [5.74, 6) is -0.379. The summed E-state index contributed by atoms with van der Waals surface area (Å²) in [7, 11) is 0. The van der Waals surface area contributed by atoms with Crippen LogP contribution in [0.15, 0.2) is 24.3 Å². The van der Waals surface area contributed by atoms with Crippen molar-refractivity contribution < 1.29 is 14.4 Å². The first kappa shape index (κ1) is 13.0. The van der Waals surface area contributed by atoms with Crippen LogP contribution in [0.25, 0.3) is 0 Å². The molecule has 20 heavy (non-hydrogen) atoms.